The van der Waals surface area contributed by atoms with Gasteiger partial charge in [-0.2, -0.15) is 22.0 Å². The Kier molecular flexibility index (Phi) is 5.46. The molecule has 0 radical (unpaired) electrons. The number of hydrogen-bond acceptors (Lipinski definition) is 3. The molecule has 1 unspecified atom stereocenters. The van der Waals surface area contributed by atoms with Gasteiger partial charge in [-0.3, -0.25) is 4.79 Å². The van der Waals surface area contributed by atoms with Gasteiger partial charge in [0.1, 0.15) is 0 Å². The van der Waals surface area contributed by atoms with Crippen molar-refractivity contribution in [2.24, 2.45) is 5.41 Å². The van der Waals surface area contributed by atoms with Gasteiger partial charge in [0.25, 0.3) is 0 Å². The summed E-state index contributed by atoms with van der Waals surface area (Å²) < 4.78 is 65.1. The van der Waals surface area contributed by atoms with Gasteiger partial charge in [-0.05, 0) is 17.4 Å². The molecule has 0 bridgehead atoms. The van der Waals surface area contributed by atoms with Gasteiger partial charge in [-0.15, -0.1) is 0 Å². The van der Waals surface area contributed by atoms with Crippen molar-refractivity contribution in [2.75, 3.05) is 0 Å². The van der Waals surface area contributed by atoms with E-state index in [1.54, 1.807) is 44.2 Å². The molecule has 0 heterocycles. The monoisotopic (exact) mass is 377 g/mol. The van der Waals surface area contributed by atoms with Crippen LogP contribution < -0.4 is 5.32 Å². The smallest absolute Gasteiger partial charge is 0.384 e. The number of nitrogens with one attached hydrogen (secondary N) is 1. The molecule has 0 saturated heterocycles. The Bertz CT molecular complexity index is 695. The first-order valence-corrected chi connectivity index (χ1v) is 8.02. The number of aliphatic hydroxyl groups is 1. The quantitative estimate of drug-likeness (QED) is 0.764. The third-order valence-electron chi connectivity index (χ3n) is 4.26. The second-order valence-corrected chi connectivity index (χ2v) is 7.20. The average Bonchev–Trinajstić information content (AvgIpc) is 2.51. The lowest BCUT2D eigenvalue weighted by atomic mass is 9.74. The highest BCUT2D eigenvalue weighted by molar-refractivity contribution is 5.98. The van der Waals surface area contributed by atoms with E-state index in [9.17, 15) is 31.9 Å². The zero-order valence-corrected chi connectivity index (χ0v) is 14.3. The maximum atomic E-state index is 13.6. The normalized spacial score (nSPS) is 19.5. The molecule has 26 heavy (non-hydrogen) atoms. The van der Waals surface area contributed by atoms with Crippen molar-refractivity contribution in [3.05, 3.63) is 47.2 Å². The Labute approximate surface area is 147 Å². The molecule has 0 amide bonds. The van der Waals surface area contributed by atoms with Gasteiger partial charge in [0.05, 0.1) is 0 Å². The molecule has 144 valence electrons. The van der Waals surface area contributed by atoms with E-state index in [1.807, 2.05) is 0 Å². The zero-order chi connectivity index (χ0) is 19.8. The van der Waals surface area contributed by atoms with Crippen LogP contribution in [0.3, 0.4) is 0 Å². The van der Waals surface area contributed by atoms with Crippen molar-refractivity contribution >= 4 is 5.78 Å². The second-order valence-electron chi connectivity index (χ2n) is 7.20. The second kappa shape index (κ2) is 6.98. The van der Waals surface area contributed by atoms with Crippen molar-refractivity contribution in [3.63, 3.8) is 0 Å². The summed E-state index contributed by atoms with van der Waals surface area (Å²) in [5, 5.41) is 12.5. The maximum absolute atomic E-state index is 13.6. The van der Waals surface area contributed by atoms with E-state index in [-0.39, 0.29) is 25.1 Å². The zero-order valence-electron chi connectivity index (χ0n) is 14.3. The summed E-state index contributed by atoms with van der Waals surface area (Å²) >= 11 is 0. The number of halogens is 5. The summed E-state index contributed by atoms with van der Waals surface area (Å²) in [5.74, 6) is -6.33. The standard InChI is InChI=1S/C18H20F5NO2/c1-16(2)8-12(24-10-11-6-4-3-5-7-11)14(13(25)9-16)15(26)17(19,20)18(21,22)23/h3-7,15,24,26H,8-10H2,1-2H3. The lowest BCUT2D eigenvalue weighted by molar-refractivity contribution is -0.307. The van der Waals surface area contributed by atoms with Crippen LogP contribution in [0.4, 0.5) is 22.0 Å². The molecule has 0 aliphatic heterocycles. The predicted molar refractivity (Wildman–Crippen MR) is 85.3 cm³/mol. The van der Waals surface area contributed by atoms with Crippen LogP contribution in [-0.4, -0.2) is 29.1 Å². The Morgan fingerprint density at radius 3 is 2.23 bits per heavy atom. The number of ketones is 1. The van der Waals surface area contributed by atoms with E-state index in [4.69, 9.17) is 0 Å². The van der Waals surface area contributed by atoms with Gasteiger partial charge < -0.3 is 10.4 Å². The number of carbonyl (C=O) groups excluding carboxylic acids is 1. The number of carbonyl (C=O) groups is 1. The minimum Gasteiger partial charge on any atom is -0.384 e. The van der Waals surface area contributed by atoms with E-state index in [0.29, 0.717) is 0 Å². The van der Waals surface area contributed by atoms with Gasteiger partial charge in [-0.1, -0.05) is 44.2 Å². The number of hydrogen-bond donors (Lipinski definition) is 2. The minimum absolute atomic E-state index is 0.0753. The number of alkyl halides is 5. The average molecular weight is 377 g/mol. The molecule has 1 aromatic rings. The lowest BCUT2D eigenvalue weighted by Gasteiger charge is -2.36. The highest BCUT2D eigenvalue weighted by atomic mass is 19.4. The Balaban J connectivity index is 2.40. The molecule has 1 aliphatic rings. The number of allylic oxidation sites excluding steroid dienone is 1. The van der Waals surface area contributed by atoms with E-state index < -0.39 is 35.0 Å². The van der Waals surface area contributed by atoms with Crippen molar-refractivity contribution in [3.8, 4) is 0 Å². The first kappa shape index (κ1) is 20.4. The summed E-state index contributed by atoms with van der Waals surface area (Å²) in [6, 6.07) is 8.74. The number of rotatable bonds is 5. The maximum Gasteiger partial charge on any atom is 0.456 e. The molecule has 2 rings (SSSR count). The van der Waals surface area contributed by atoms with Gasteiger partial charge >= 0.3 is 12.1 Å². The van der Waals surface area contributed by atoms with E-state index in [2.05, 4.69) is 5.32 Å². The Morgan fingerprint density at radius 2 is 1.69 bits per heavy atom. The van der Waals surface area contributed by atoms with Gasteiger partial charge in [0, 0.05) is 24.2 Å². The summed E-state index contributed by atoms with van der Waals surface area (Å²) in [6.45, 7) is 3.55. The molecule has 0 fully saturated rings. The van der Waals surface area contributed by atoms with Crippen molar-refractivity contribution < 1.29 is 31.9 Å². The van der Waals surface area contributed by atoms with Gasteiger partial charge in [0.15, 0.2) is 11.9 Å². The van der Waals surface area contributed by atoms with Crippen LogP contribution in [0.1, 0.15) is 32.3 Å². The minimum atomic E-state index is -5.96. The highest BCUT2D eigenvalue weighted by Gasteiger charge is 2.64. The third-order valence-corrected chi connectivity index (χ3v) is 4.26. The van der Waals surface area contributed by atoms with Crippen molar-refractivity contribution in [1.82, 2.24) is 5.32 Å². The summed E-state index contributed by atoms with van der Waals surface area (Å²) in [4.78, 5) is 12.3. The molecule has 2 N–H and O–H groups in total. The molecule has 8 heteroatoms. The number of Topliss-reactive ketones (excluding diaryl/α,β-unsaturated/α-hetero) is 1. The van der Waals surface area contributed by atoms with Gasteiger partial charge in [0.2, 0.25) is 0 Å². The van der Waals surface area contributed by atoms with Crippen LogP contribution in [0, 0.1) is 5.41 Å². The topological polar surface area (TPSA) is 49.3 Å². The first-order valence-electron chi connectivity index (χ1n) is 8.02. The largest absolute Gasteiger partial charge is 0.456 e. The van der Waals surface area contributed by atoms with Crippen LogP contribution >= 0.6 is 0 Å². The van der Waals surface area contributed by atoms with Crippen LogP contribution in [0.5, 0.6) is 0 Å². The van der Waals surface area contributed by atoms with Crippen molar-refractivity contribution in [2.45, 2.75) is 51.4 Å². The van der Waals surface area contributed by atoms with Crippen LogP contribution in [0.2, 0.25) is 0 Å². The SMILES string of the molecule is CC1(C)CC(=O)C(C(O)C(F)(F)C(F)(F)F)=C(NCc2ccccc2)C1. The molecule has 0 spiro atoms. The lowest BCUT2D eigenvalue weighted by Crippen LogP contribution is -2.51. The number of benzene rings is 1. The molecule has 3 nitrogen and oxygen atoms in total. The van der Waals surface area contributed by atoms with E-state index in [0.717, 1.165) is 5.56 Å². The fraction of sp³-hybridized carbons (Fsp3) is 0.500. The highest BCUT2D eigenvalue weighted by Crippen LogP contribution is 2.44. The molecule has 1 atom stereocenters. The molecule has 0 aromatic heterocycles. The van der Waals surface area contributed by atoms with E-state index in [1.165, 1.54) is 0 Å². The molecule has 0 saturated carbocycles. The fourth-order valence-corrected chi connectivity index (χ4v) is 2.95. The first-order chi connectivity index (χ1) is 11.8. The van der Waals surface area contributed by atoms with Crippen LogP contribution in [-0.2, 0) is 11.3 Å². The fourth-order valence-electron chi connectivity index (χ4n) is 2.95. The number of aliphatic hydroxyl groups excluding tert-OH is 1. The molecular formula is C18H20F5NO2. The predicted octanol–water partition coefficient (Wildman–Crippen LogP) is 3.98. The molecule has 1 aromatic carbocycles. The van der Waals surface area contributed by atoms with E-state index >= 15 is 0 Å². The van der Waals surface area contributed by atoms with Gasteiger partial charge in [-0.25, -0.2) is 0 Å². The Morgan fingerprint density at radius 1 is 1.12 bits per heavy atom. The van der Waals surface area contributed by atoms with Crippen LogP contribution in [0.25, 0.3) is 0 Å². The van der Waals surface area contributed by atoms with Crippen LogP contribution in [0.15, 0.2) is 41.6 Å². The third kappa shape index (κ3) is 4.23. The molecular weight excluding hydrogens is 357 g/mol. The Hall–Kier alpha value is -1.96. The summed E-state index contributed by atoms with van der Waals surface area (Å²) in [6.07, 6.45) is -9.35. The molecule has 1 aliphatic carbocycles. The summed E-state index contributed by atoms with van der Waals surface area (Å²) in [7, 11) is 0. The van der Waals surface area contributed by atoms with Crippen molar-refractivity contribution in [1.29, 1.82) is 0 Å². The summed E-state index contributed by atoms with van der Waals surface area (Å²) in [5.41, 5.74) is -0.825.